The van der Waals surface area contributed by atoms with Crippen molar-refractivity contribution >= 4 is 11.5 Å². The lowest BCUT2D eigenvalue weighted by molar-refractivity contribution is -0.117. The second-order valence-electron chi connectivity index (χ2n) is 3.48. The third-order valence-corrected chi connectivity index (χ3v) is 2.26. The Bertz CT molecular complexity index is 447. The molecule has 0 fully saturated rings. The minimum absolute atomic E-state index is 0.274. The van der Waals surface area contributed by atoms with Crippen molar-refractivity contribution in [1.29, 1.82) is 0 Å². The first-order valence-corrected chi connectivity index (χ1v) is 4.91. The molecule has 1 aromatic rings. The number of primary amides is 1. The molecule has 0 unspecified atom stereocenters. The highest BCUT2D eigenvalue weighted by atomic mass is 16.6. The van der Waals surface area contributed by atoms with Gasteiger partial charge in [0.1, 0.15) is 6.26 Å². The zero-order valence-electron chi connectivity index (χ0n) is 8.64. The van der Waals surface area contributed by atoms with Crippen LogP contribution in [-0.2, 0) is 16.1 Å². The molecule has 1 aromatic carbocycles. The number of benzene rings is 1. The fourth-order valence-corrected chi connectivity index (χ4v) is 1.49. The van der Waals surface area contributed by atoms with Gasteiger partial charge in [-0.1, -0.05) is 24.3 Å². The smallest absolute Gasteiger partial charge is 0.221 e. The number of rotatable bonds is 3. The van der Waals surface area contributed by atoms with Crippen molar-refractivity contribution < 1.29 is 9.63 Å². The molecule has 0 spiro atoms. The van der Waals surface area contributed by atoms with E-state index in [1.54, 1.807) is 12.5 Å². The molecule has 0 aliphatic carbocycles. The molecular formula is C12H12N2O2. The molecule has 82 valence electrons. The van der Waals surface area contributed by atoms with Crippen LogP contribution in [0.4, 0.5) is 0 Å². The van der Waals surface area contributed by atoms with Crippen molar-refractivity contribution in [2.45, 2.75) is 6.42 Å². The fourth-order valence-electron chi connectivity index (χ4n) is 1.49. The largest absolute Gasteiger partial charge is 0.391 e. The van der Waals surface area contributed by atoms with Crippen LogP contribution in [0.2, 0.25) is 0 Å². The average Bonchev–Trinajstić information content (AvgIpc) is 2.30. The molecule has 1 aliphatic heterocycles. The Hall–Kier alpha value is -2.23. The van der Waals surface area contributed by atoms with Gasteiger partial charge in [-0.15, -0.1) is 0 Å². The Balaban J connectivity index is 2.15. The lowest BCUT2D eigenvalue weighted by atomic mass is 10.0. The molecule has 2 rings (SSSR count). The second-order valence-corrected chi connectivity index (χ2v) is 3.48. The molecule has 0 atom stereocenters. The van der Waals surface area contributed by atoms with Gasteiger partial charge < -0.3 is 10.6 Å². The van der Waals surface area contributed by atoms with Gasteiger partial charge in [-0.2, -0.15) is 0 Å². The van der Waals surface area contributed by atoms with Gasteiger partial charge >= 0.3 is 0 Å². The van der Waals surface area contributed by atoms with Crippen molar-refractivity contribution in [3.05, 3.63) is 53.9 Å². The Morgan fingerprint density at radius 2 is 2.06 bits per heavy atom. The molecule has 0 radical (unpaired) electrons. The van der Waals surface area contributed by atoms with E-state index < -0.39 is 0 Å². The highest BCUT2D eigenvalue weighted by Crippen LogP contribution is 2.17. The number of nitrogens with two attached hydrogens (primary N) is 1. The highest BCUT2D eigenvalue weighted by Gasteiger charge is 2.02. The summed E-state index contributed by atoms with van der Waals surface area (Å²) in [5.74, 6) is -0.320. The van der Waals surface area contributed by atoms with Gasteiger partial charge in [0.05, 0.1) is 6.42 Å². The normalized spacial score (nSPS) is 13.6. The van der Waals surface area contributed by atoms with Gasteiger partial charge in [0, 0.05) is 11.8 Å². The van der Waals surface area contributed by atoms with Gasteiger partial charge in [-0.25, -0.2) is 5.48 Å². The van der Waals surface area contributed by atoms with Crippen molar-refractivity contribution in [2.24, 2.45) is 5.73 Å². The van der Waals surface area contributed by atoms with Crippen LogP contribution in [0, 0.1) is 0 Å². The van der Waals surface area contributed by atoms with Crippen LogP contribution >= 0.6 is 0 Å². The van der Waals surface area contributed by atoms with Crippen molar-refractivity contribution in [1.82, 2.24) is 5.48 Å². The van der Waals surface area contributed by atoms with Gasteiger partial charge in [-0.05, 0) is 17.2 Å². The lowest BCUT2D eigenvalue weighted by Crippen LogP contribution is -2.13. The monoisotopic (exact) mass is 216 g/mol. The minimum Gasteiger partial charge on any atom is -0.391 e. The number of nitrogens with one attached hydrogen (secondary N) is 1. The summed E-state index contributed by atoms with van der Waals surface area (Å²) in [4.78, 5) is 15.6. The van der Waals surface area contributed by atoms with Gasteiger partial charge in [0.15, 0.2) is 0 Å². The third-order valence-electron chi connectivity index (χ3n) is 2.26. The zero-order chi connectivity index (χ0) is 11.4. The van der Waals surface area contributed by atoms with E-state index in [1.807, 2.05) is 30.3 Å². The number of hydrogen-bond acceptors (Lipinski definition) is 3. The van der Waals surface area contributed by atoms with E-state index in [1.165, 1.54) is 0 Å². The number of amides is 1. The number of carbonyl (C=O) groups is 1. The highest BCUT2D eigenvalue weighted by molar-refractivity contribution is 5.77. The summed E-state index contributed by atoms with van der Waals surface area (Å²) in [7, 11) is 0. The van der Waals surface area contributed by atoms with Crippen molar-refractivity contribution in [3.8, 4) is 0 Å². The second kappa shape index (κ2) is 4.53. The van der Waals surface area contributed by atoms with Gasteiger partial charge in [0.25, 0.3) is 0 Å². The molecule has 4 heteroatoms. The topological polar surface area (TPSA) is 64.4 Å². The summed E-state index contributed by atoms with van der Waals surface area (Å²) < 4.78 is 0. The van der Waals surface area contributed by atoms with E-state index in [0.717, 1.165) is 16.7 Å². The summed E-state index contributed by atoms with van der Waals surface area (Å²) in [6.45, 7) is 0. The zero-order valence-corrected chi connectivity index (χ0v) is 8.64. The van der Waals surface area contributed by atoms with E-state index in [4.69, 9.17) is 10.6 Å². The quantitative estimate of drug-likeness (QED) is 0.795. The SMILES string of the molecule is NC(=O)Cc1ccc(C2=CNOC=C2)cc1. The standard InChI is InChI=1S/C12H12N2O2/c13-12(15)7-9-1-3-10(4-2-9)11-5-6-16-14-8-11/h1-6,8,14H,7H2,(H2,13,15). The maximum Gasteiger partial charge on any atom is 0.221 e. The predicted octanol–water partition coefficient (Wildman–Crippen LogP) is 1.10. The molecule has 0 aromatic heterocycles. The van der Waals surface area contributed by atoms with E-state index in [-0.39, 0.29) is 12.3 Å². The number of carbonyl (C=O) groups excluding carboxylic acids is 1. The van der Waals surface area contributed by atoms with E-state index in [0.29, 0.717) is 0 Å². The predicted molar refractivity (Wildman–Crippen MR) is 60.7 cm³/mol. The maximum atomic E-state index is 10.7. The summed E-state index contributed by atoms with van der Waals surface area (Å²) >= 11 is 0. The molecule has 1 heterocycles. The molecule has 16 heavy (non-hydrogen) atoms. The number of hydroxylamine groups is 1. The summed E-state index contributed by atoms with van der Waals surface area (Å²) in [5.41, 5.74) is 10.8. The van der Waals surface area contributed by atoms with Crippen LogP contribution in [-0.4, -0.2) is 5.91 Å². The average molecular weight is 216 g/mol. The van der Waals surface area contributed by atoms with Crippen molar-refractivity contribution in [2.75, 3.05) is 0 Å². The van der Waals surface area contributed by atoms with Crippen LogP contribution in [0.25, 0.3) is 5.57 Å². The van der Waals surface area contributed by atoms with E-state index in [2.05, 4.69) is 5.48 Å². The van der Waals surface area contributed by atoms with Crippen LogP contribution in [0.1, 0.15) is 11.1 Å². The van der Waals surface area contributed by atoms with Crippen molar-refractivity contribution in [3.63, 3.8) is 0 Å². The molecular weight excluding hydrogens is 204 g/mol. The molecule has 0 saturated carbocycles. The molecule has 1 amide bonds. The van der Waals surface area contributed by atoms with E-state index >= 15 is 0 Å². The Morgan fingerprint density at radius 3 is 2.62 bits per heavy atom. The first kappa shape index (κ1) is 10.3. The van der Waals surface area contributed by atoms with E-state index in [9.17, 15) is 4.79 Å². The number of hydrogen-bond donors (Lipinski definition) is 2. The molecule has 0 saturated heterocycles. The lowest BCUT2D eigenvalue weighted by Gasteiger charge is -2.09. The molecule has 4 nitrogen and oxygen atoms in total. The van der Waals surface area contributed by atoms with Crippen LogP contribution < -0.4 is 11.2 Å². The van der Waals surface area contributed by atoms with Crippen LogP contribution in [0.15, 0.2) is 42.8 Å². The Labute approximate surface area is 93.4 Å². The fraction of sp³-hybridized carbons (Fsp3) is 0.0833. The Kier molecular flexibility index (Phi) is 2.91. The molecule has 1 aliphatic rings. The maximum absolute atomic E-state index is 10.7. The Morgan fingerprint density at radius 1 is 1.31 bits per heavy atom. The summed E-state index contributed by atoms with van der Waals surface area (Å²) in [6.07, 6.45) is 5.48. The van der Waals surface area contributed by atoms with Crippen LogP contribution in [0.3, 0.4) is 0 Å². The molecule has 0 bridgehead atoms. The minimum atomic E-state index is -0.320. The first-order valence-electron chi connectivity index (χ1n) is 4.91. The van der Waals surface area contributed by atoms with Gasteiger partial charge in [-0.3, -0.25) is 4.79 Å². The summed E-state index contributed by atoms with van der Waals surface area (Å²) in [5, 5.41) is 0. The van der Waals surface area contributed by atoms with Crippen LogP contribution in [0.5, 0.6) is 0 Å². The number of allylic oxidation sites excluding steroid dienone is 2. The first-order chi connectivity index (χ1) is 7.75. The van der Waals surface area contributed by atoms with Gasteiger partial charge in [0.2, 0.25) is 5.91 Å². The summed E-state index contributed by atoms with van der Waals surface area (Å²) in [6, 6.07) is 7.68. The third kappa shape index (κ3) is 2.42. The molecule has 3 N–H and O–H groups in total.